The number of carbonyl (C=O) groups is 2. The number of Topliss-reactive ketones (excluding diaryl/α,β-unsaturated/α-hetero) is 1. The molecule has 21 heavy (non-hydrogen) atoms. The molecule has 1 aromatic rings. The van der Waals surface area contributed by atoms with E-state index in [9.17, 15) is 9.59 Å². The van der Waals surface area contributed by atoms with Crippen molar-refractivity contribution in [2.24, 2.45) is 0 Å². The fraction of sp³-hybridized carbons (Fsp3) is 0.467. The number of hydrogen-bond donors (Lipinski definition) is 0. The van der Waals surface area contributed by atoms with Crippen LogP contribution in [0.5, 0.6) is 0 Å². The van der Waals surface area contributed by atoms with Gasteiger partial charge in [-0.2, -0.15) is 0 Å². The van der Waals surface area contributed by atoms with Crippen molar-refractivity contribution in [3.63, 3.8) is 0 Å². The summed E-state index contributed by atoms with van der Waals surface area (Å²) in [5, 5.41) is 0. The topological polar surface area (TPSA) is 49.9 Å². The van der Waals surface area contributed by atoms with Gasteiger partial charge < -0.3 is 4.74 Å². The average molecular weight is 353 g/mol. The van der Waals surface area contributed by atoms with Gasteiger partial charge in [0.05, 0.1) is 30.1 Å². The number of anilines is 1. The highest BCUT2D eigenvalue weighted by atomic mass is 79.9. The van der Waals surface area contributed by atoms with Crippen molar-refractivity contribution in [1.82, 2.24) is 4.90 Å². The standard InChI is InChI=1S/C15H17BrN2O3/c1-9-6-17(7-10(2)21-9)8-18-13-4-3-11(16)5-12(13)14(19)15(18)20/h3-5,9-10H,6-8H2,1-2H3/t9-,10+. The second kappa shape index (κ2) is 5.51. The Labute approximate surface area is 132 Å². The van der Waals surface area contributed by atoms with Gasteiger partial charge in [-0.1, -0.05) is 15.9 Å². The predicted molar refractivity (Wildman–Crippen MR) is 82.4 cm³/mol. The van der Waals surface area contributed by atoms with Gasteiger partial charge in [-0.3, -0.25) is 19.4 Å². The summed E-state index contributed by atoms with van der Waals surface area (Å²) in [5.74, 6) is -0.879. The number of morpholine rings is 1. The predicted octanol–water partition coefficient (Wildman–Crippen LogP) is 2.05. The molecular weight excluding hydrogens is 336 g/mol. The molecule has 3 rings (SSSR count). The van der Waals surface area contributed by atoms with Crippen molar-refractivity contribution in [3.8, 4) is 0 Å². The van der Waals surface area contributed by atoms with Crippen molar-refractivity contribution in [2.75, 3.05) is 24.7 Å². The second-order valence-corrected chi connectivity index (χ2v) is 6.57. The molecule has 6 heteroatoms. The summed E-state index contributed by atoms with van der Waals surface area (Å²) in [7, 11) is 0. The van der Waals surface area contributed by atoms with Crippen LogP contribution in [0.3, 0.4) is 0 Å². The van der Waals surface area contributed by atoms with E-state index in [1.807, 2.05) is 26.0 Å². The van der Waals surface area contributed by atoms with Gasteiger partial charge >= 0.3 is 5.91 Å². The smallest absolute Gasteiger partial charge is 0.300 e. The molecular formula is C15H17BrN2O3. The molecule has 1 saturated heterocycles. The SMILES string of the molecule is C[C@@H]1CN(CN2C(=O)C(=O)c3cc(Br)ccc32)C[C@H](C)O1. The van der Waals surface area contributed by atoms with Crippen molar-refractivity contribution >= 4 is 33.3 Å². The summed E-state index contributed by atoms with van der Waals surface area (Å²) in [6.07, 6.45) is 0.262. The van der Waals surface area contributed by atoms with Gasteiger partial charge in [0, 0.05) is 17.6 Å². The van der Waals surface area contributed by atoms with Crippen LogP contribution in [0.2, 0.25) is 0 Å². The van der Waals surface area contributed by atoms with Gasteiger partial charge in [0.1, 0.15) is 0 Å². The molecule has 5 nitrogen and oxygen atoms in total. The van der Waals surface area contributed by atoms with E-state index in [1.54, 1.807) is 11.0 Å². The highest BCUT2D eigenvalue weighted by molar-refractivity contribution is 9.10. The maximum absolute atomic E-state index is 12.2. The number of carbonyl (C=O) groups excluding carboxylic acids is 2. The lowest BCUT2D eigenvalue weighted by molar-refractivity contribution is -0.115. The highest BCUT2D eigenvalue weighted by Crippen LogP contribution is 2.31. The molecule has 0 saturated carbocycles. The number of fused-ring (bicyclic) bond motifs is 1. The molecule has 0 spiro atoms. The molecule has 1 fully saturated rings. The van der Waals surface area contributed by atoms with E-state index in [4.69, 9.17) is 4.74 Å². The van der Waals surface area contributed by atoms with Gasteiger partial charge in [0.25, 0.3) is 5.78 Å². The van der Waals surface area contributed by atoms with E-state index >= 15 is 0 Å². The Morgan fingerprint density at radius 2 is 1.90 bits per heavy atom. The monoisotopic (exact) mass is 352 g/mol. The number of halogens is 1. The van der Waals surface area contributed by atoms with Gasteiger partial charge in [-0.15, -0.1) is 0 Å². The number of benzene rings is 1. The minimum atomic E-state index is -0.449. The molecule has 2 heterocycles. The molecule has 0 radical (unpaired) electrons. The normalized spacial score (nSPS) is 26.3. The molecule has 2 atom stereocenters. The lowest BCUT2D eigenvalue weighted by Gasteiger charge is -2.37. The van der Waals surface area contributed by atoms with Crippen molar-refractivity contribution < 1.29 is 14.3 Å². The molecule has 0 aromatic heterocycles. The molecule has 1 amide bonds. The van der Waals surface area contributed by atoms with Gasteiger partial charge in [0.15, 0.2) is 0 Å². The molecule has 1 aromatic carbocycles. The van der Waals surface area contributed by atoms with Crippen LogP contribution in [0.25, 0.3) is 0 Å². The molecule has 0 unspecified atom stereocenters. The molecule has 112 valence electrons. The van der Waals surface area contributed by atoms with Crippen LogP contribution in [-0.2, 0) is 9.53 Å². The number of nitrogens with zero attached hydrogens (tertiary/aromatic N) is 2. The maximum Gasteiger partial charge on any atom is 0.300 e. The molecule has 0 N–H and O–H groups in total. The van der Waals surface area contributed by atoms with E-state index in [1.165, 1.54) is 0 Å². The van der Waals surface area contributed by atoms with Crippen molar-refractivity contribution in [3.05, 3.63) is 28.2 Å². The Morgan fingerprint density at radius 1 is 1.24 bits per heavy atom. The summed E-state index contributed by atoms with van der Waals surface area (Å²) in [6, 6.07) is 5.37. The zero-order valence-corrected chi connectivity index (χ0v) is 13.6. The van der Waals surface area contributed by atoms with Crippen LogP contribution >= 0.6 is 15.9 Å². The first-order chi connectivity index (χ1) is 9.95. The Morgan fingerprint density at radius 3 is 2.57 bits per heavy atom. The number of hydrogen-bond acceptors (Lipinski definition) is 4. The largest absolute Gasteiger partial charge is 0.373 e. The lowest BCUT2D eigenvalue weighted by atomic mass is 10.1. The van der Waals surface area contributed by atoms with Gasteiger partial charge in [-0.25, -0.2) is 0 Å². The number of rotatable bonds is 2. The van der Waals surface area contributed by atoms with E-state index in [0.717, 1.165) is 17.6 Å². The second-order valence-electron chi connectivity index (χ2n) is 5.66. The number of amides is 1. The molecule has 0 bridgehead atoms. The third kappa shape index (κ3) is 2.75. The summed E-state index contributed by atoms with van der Waals surface area (Å²) in [6.45, 7) is 5.98. The van der Waals surface area contributed by atoms with Crippen molar-refractivity contribution in [1.29, 1.82) is 0 Å². The number of ketones is 1. The van der Waals surface area contributed by atoms with Crippen LogP contribution in [0, 0.1) is 0 Å². The summed E-state index contributed by atoms with van der Waals surface area (Å²) < 4.78 is 6.50. The third-order valence-corrected chi connectivity index (χ3v) is 4.26. The van der Waals surface area contributed by atoms with Crippen molar-refractivity contribution in [2.45, 2.75) is 26.1 Å². The molecule has 0 aliphatic carbocycles. The Balaban J connectivity index is 1.83. The first-order valence-electron chi connectivity index (χ1n) is 6.99. The first kappa shape index (κ1) is 14.7. The summed E-state index contributed by atoms with van der Waals surface area (Å²) in [5.41, 5.74) is 1.17. The number of ether oxygens (including phenoxy) is 1. The van der Waals surface area contributed by atoms with Gasteiger partial charge in [0.2, 0.25) is 0 Å². The van der Waals surface area contributed by atoms with Gasteiger partial charge in [-0.05, 0) is 32.0 Å². The van der Waals surface area contributed by atoms with E-state index in [-0.39, 0.29) is 12.2 Å². The Kier molecular flexibility index (Phi) is 3.86. The quantitative estimate of drug-likeness (QED) is 0.764. The van der Waals surface area contributed by atoms with E-state index in [0.29, 0.717) is 17.9 Å². The van der Waals surface area contributed by atoms with Crippen LogP contribution < -0.4 is 4.90 Å². The maximum atomic E-state index is 12.2. The average Bonchev–Trinajstić information content (AvgIpc) is 2.63. The molecule has 2 aliphatic heterocycles. The zero-order valence-electron chi connectivity index (χ0n) is 12.0. The fourth-order valence-corrected chi connectivity index (χ4v) is 3.37. The minimum Gasteiger partial charge on any atom is -0.373 e. The summed E-state index contributed by atoms with van der Waals surface area (Å²) in [4.78, 5) is 28.0. The Hall–Kier alpha value is -1.24. The van der Waals surface area contributed by atoms with Crippen LogP contribution in [0.1, 0.15) is 24.2 Å². The minimum absolute atomic E-state index is 0.131. The summed E-state index contributed by atoms with van der Waals surface area (Å²) >= 11 is 3.34. The molecule has 2 aliphatic rings. The Bertz CT molecular complexity index is 595. The van der Waals surface area contributed by atoms with E-state index in [2.05, 4.69) is 20.8 Å². The van der Waals surface area contributed by atoms with Crippen LogP contribution in [-0.4, -0.2) is 48.6 Å². The van der Waals surface area contributed by atoms with Crippen LogP contribution in [0.15, 0.2) is 22.7 Å². The third-order valence-electron chi connectivity index (χ3n) is 3.77. The lowest BCUT2D eigenvalue weighted by Crippen LogP contribution is -2.50. The first-order valence-corrected chi connectivity index (χ1v) is 7.78. The van der Waals surface area contributed by atoms with Crippen LogP contribution in [0.4, 0.5) is 5.69 Å². The fourth-order valence-electron chi connectivity index (χ4n) is 3.01. The zero-order chi connectivity index (χ0) is 15.1. The highest BCUT2D eigenvalue weighted by Gasteiger charge is 2.37. The van der Waals surface area contributed by atoms with E-state index < -0.39 is 11.7 Å².